The van der Waals surface area contributed by atoms with Gasteiger partial charge in [0.15, 0.2) is 0 Å². The van der Waals surface area contributed by atoms with Gasteiger partial charge in [0.05, 0.1) is 15.7 Å². The van der Waals surface area contributed by atoms with Gasteiger partial charge < -0.3 is 10.4 Å². The van der Waals surface area contributed by atoms with Crippen LogP contribution in [0.25, 0.3) is 0 Å². The molecule has 1 rings (SSSR count). The molecule has 0 saturated heterocycles. The Morgan fingerprint density at radius 3 is 2.53 bits per heavy atom. The van der Waals surface area contributed by atoms with Crippen molar-refractivity contribution >= 4 is 33.5 Å². The van der Waals surface area contributed by atoms with Gasteiger partial charge in [-0.25, -0.2) is 9.18 Å². The number of carbonyl (C=O) groups excluding carboxylic acids is 1. The summed E-state index contributed by atoms with van der Waals surface area (Å²) in [7, 11) is 0. The molecular formula is C9H7BrFNO3. The number of hydrogen-bond donors (Lipinski definition) is 2. The van der Waals surface area contributed by atoms with E-state index in [2.05, 4.69) is 21.2 Å². The van der Waals surface area contributed by atoms with Gasteiger partial charge in [-0.05, 0) is 28.1 Å². The van der Waals surface area contributed by atoms with Crippen molar-refractivity contribution in [2.45, 2.75) is 6.92 Å². The second-order valence-corrected chi connectivity index (χ2v) is 3.65. The summed E-state index contributed by atoms with van der Waals surface area (Å²) in [6, 6.07) is 2.05. The molecule has 1 amide bonds. The fourth-order valence-corrected chi connectivity index (χ4v) is 1.36. The summed E-state index contributed by atoms with van der Waals surface area (Å²) in [5.74, 6) is -2.41. The van der Waals surface area contributed by atoms with Crippen molar-refractivity contribution in [2.24, 2.45) is 0 Å². The number of carboxylic acid groups (broad SMARTS) is 1. The van der Waals surface area contributed by atoms with Crippen LogP contribution in [0.4, 0.5) is 10.1 Å². The molecule has 0 aliphatic heterocycles. The molecule has 0 saturated carbocycles. The number of aromatic carboxylic acids is 1. The molecule has 4 nitrogen and oxygen atoms in total. The van der Waals surface area contributed by atoms with Crippen LogP contribution in [0.5, 0.6) is 0 Å². The van der Waals surface area contributed by atoms with Crippen molar-refractivity contribution in [1.29, 1.82) is 0 Å². The molecule has 0 radical (unpaired) electrons. The Morgan fingerprint density at radius 1 is 1.47 bits per heavy atom. The van der Waals surface area contributed by atoms with Crippen molar-refractivity contribution in [2.75, 3.05) is 5.32 Å². The van der Waals surface area contributed by atoms with E-state index in [1.54, 1.807) is 0 Å². The first-order valence-electron chi connectivity index (χ1n) is 3.91. The number of hydrogen-bond acceptors (Lipinski definition) is 2. The number of rotatable bonds is 2. The summed E-state index contributed by atoms with van der Waals surface area (Å²) >= 11 is 2.90. The van der Waals surface area contributed by atoms with Crippen molar-refractivity contribution in [3.8, 4) is 0 Å². The van der Waals surface area contributed by atoms with Crippen molar-refractivity contribution in [3.63, 3.8) is 0 Å². The average molecular weight is 276 g/mol. The summed E-state index contributed by atoms with van der Waals surface area (Å²) in [6.45, 7) is 1.24. The third kappa shape index (κ3) is 2.76. The van der Waals surface area contributed by atoms with E-state index in [9.17, 15) is 14.0 Å². The molecule has 15 heavy (non-hydrogen) atoms. The van der Waals surface area contributed by atoms with Crippen LogP contribution in [-0.2, 0) is 4.79 Å². The van der Waals surface area contributed by atoms with Crippen LogP contribution in [0.3, 0.4) is 0 Å². The van der Waals surface area contributed by atoms with Crippen LogP contribution in [0.15, 0.2) is 16.6 Å². The van der Waals surface area contributed by atoms with Crippen molar-refractivity contribution < 1.29 is 19.1 Å². The first-order chi connectivity index (χ1) is 6.91. The number of amides is 1. The van der Waals surface area contributed by atoms with Crippen LogP contribution in [0.1, 0.15) is 17.3 Å². The molecule has 0 aromatic heterocycles. The minimum Gasteiger partial charge on any atom is -0.478 e. The highest BCUT2D eigenvalue weighted by molar-refractivity contribution is 9.10. The second-order valence-electron chi connectivity index (χ2n) is 2.80. The third-order valence-corrected chi connectivity index (χ3v) is 2.21. The van der Waals surface area contributed by atoms with Crippen molar-refractivity contribution in [1.82, 2.24) is 0 Å². The van der Waals surface area contributed by atoms with E-state index < -0.39 is 17.7 Å². The molecule has 0 aliphatic rings. The van der Waals surface area contributed by atoms with Gasteiger partial charge in [0.1, 0.15) is 5.82 Å². The minimum atomic E-state index is -1.30. The van der Waals surface area contributed by atoms with Crippen molar-refractivity contribution in [3.05, 3.63) is 28.0 Å². The number of carboxylic acids is 1. The molecule has 6 heteroatoms. The Hall–Kier alpha value is -1.43. The zero-order valence-electron chi connectivity index (χ0n) is 7.67. The minimum absolute atomic E-state index is 0.0586. The predicted octanol–water partition coefficient (Wildman–Crippen LogP) is 2.24. The van der Waals surface area contributed by atoms with Crippen LogP contribution < -0.4 is 5.32 Å². The molecule has 0 fully saturated rings. The molecule has 1 aromatic rings. The highest BCUT2D eigenvalue weighted by Gasteiger charge is 2.14. The number of halogens is 2. The normalized spacial score (nSPS) is 9.80. The predicted molar refractivity (Wildman–Crippen MR) is 55.4 cm³/mol. The summed E-state index contributed by atoms with van der Waals surface area (Å²) < 4.78 is 13.1. The molecule has 0 atom stereocenters. The maximum atomic E-state index is 13.0. The van der Waals surface area contributed by atoms with E-state index in [-0.39, 0.29) is 15.7 Å². The summed E-state index contributed by atoms with van der Waals surface area (Å²) in [6.07, 6.45) is 0. The van der Waals surface area contributed by atoms with Gasteiger partial charge in [0, 0.05) is 6.92 Å². The van der Waals surface area contributed by atoms with Crippen LogP contribution in [-0.4, -0.2) is 17.0 Å². The zero-order valence-corrected chi connectivity index (χ0v) is 9.26. The lowest BCUT2D eigenvalue weighted by Gasteiger charge is -2.07. The van der Waals surface area contributed by atoms with Gasteiger partial charge in [-0.3, -0.25) is 4.79 Å². The first-order valence-corrected chi connectivity index (χ1v) is 4.71. The number of carbonyl (C=O) groups is 2. The molecule has 0 spiro atoms. The van der Waals surface area contributed by atoms with Gasteiger partial charge in [-0.1, -0.05) is 0 Å². The fourth-order valence-electron chi connectivity index (χ4n) is 1.02. The van der Waals surface area contributed by atoms with Crippen LogP contribution in [0.2, 0.25) is 0 Å². The van der Waals surface area contributed by atoms with E-state index in [0.717, 1.165) is 6.07 Å². The number of nitrogens with one attached hydrogen (secondary N) is 1. The highest BCUT2D eigenvalue weighted by atomic mass is 79.9. The largest absolute Gasteiger partial charge is 0.478 e. The first kappa shape index (κ1) is 11.6. The Bertz CT molecular complexity index is 434. The lowest BCUT2D eigenvalue weighted by Crippen LogP contribution is -2.11. The van der Waals surface area contributed by atoms with Gasteiger partial charge in [0.25, 0.3) is 0 Å². The highest BCUT2D eigenvalue weighted by Crippen LogP contribution is 2.24. The van der Waals surface area contributed by atoms with Gasteiger partial charge >= 0.3 is 5.97 Å². The molecule has 0 aliphatic carbocycles. The smallest absolute Gasteiger partial charge is 0.337 e. The van der Waals surface area contributed by atoms with Crippen LogP contribution >= 0.6 is 15.9 Å². The van der Waals surface area contributed by atoms with Gasteiger partial charge in [0.2, 0.25) is 5.91 Å². The average Bonchev–Trinajstić information content (AvgIpc) is 2.09. The monoisotopic (exact) mass is 275 g/mol. The Kier molecular flexibility index (Phi) is 3.41. The van der Waals surface area contributed by atoms with E-state index in [1.165, 1.54) is 13.0 Å². The molecule has 0 unspecified atom stereocenters. The molecule has 2 N–H and O–H groups in total. The lowest BCUT2D eigenvalue weighted by atomic mass is 10.1. The fraction of sp³-hybridized carbons (Fsp3) is 0.111. The Morgan fingerprint density at radius 2 is 2.07 bits per heavy atom. The van der Waals surface area contributed by atoms with Gasteiger partial charge in [-0.2, -0.15) is 0 Å². The lowest BCUT2D eigenvalue weighted by molar-refractivity contribution is -0.114. The molecule has 0 bridgehead atoms. The Labute approximate surface area is 93.2 Å². The summed E-state index contributed by atoms with van der Waals surface area (Å²) in [5.41, 5.74) is -0.228. The SMILES string of the molecule is CC(=O)Nc1cc(Br)c(F)cc1C(=O)O. The maximum absolute atomic E-state index is 13.0. The third-order valence-electron chi connectivity index (χ3n) is 1.60. The Balaban J connectivity index is 3.28. The summed E-state index contributed by atoms with van der Waals surface area (Å²) in [4.78, 5) is 21.5. The second kappa shape index (κ2) is 4.39. The number of anilines is 1. The molecular weight excluding hydrogens is 269 g/mol. The molecule has 80 valence electrons. The zero-order chi connectivity index (χ0) is 11.6. The van der Waals surface area contributed by atoms with E-state index in [0.29, 0.717) is 0 Å². The van der Waals surface area contributed by atoms with E-state index >= 15 is 0 Å². The molecule has 0 heterocycles. The number of benzene rings is 1. The van der Waals surface area contributed by atoms with Crippen LogP contribution in [0, 0.1) is 5.82 Å². The molecule has 1 aromatic carbocycles. The quantitative estimate of drug-likeness (QED) is 0.870. The van der Waals surface area contributed by atoms with E-state index in [4.69, 9.17) is 5.11 Å². The van der Waals surface area contributed by atoms with Gasteiger partial charge in [-0.15, -0.1) is 0 Å². The maximum Gasteiger partial charge on any atom is 0.337 e. The topological polar surface area (TPSA) is 66.4 Å². The van der Waals surface area contributed by atoms with E-state index in [1.807, 2.05) is 0 Å². The summed E-state index contributed by atoms with van der Waals surface area (Å²) in [5, 5.41) is 11.1. The standard InChI is InChI=1S/C9H7BrFNO3/c1-4(13)12-8-3-6(10)7(11)2-5(8)9(14)15/h2-3H,1H3,(H,12,13)(H,14,15).